The average Bonchev–Trinajstić information content (AvgIpc) is 3.18. The zero-order valence-corrected chi connectivity index (χ0v) is 20.4. The first-order valence-corrected chi connectivity index (χ1v) is 13.4. The van der Waals surface area contributed by atoms with Crippen molar-refractivity contribution >= 4 is 11.8 Å². The minimum absolute atomic E-state index is 0.0776. The molecule has 198 valence electrons. The first-order valence-electron chi connectivity index (χ1n) is 13.4. The van der Waals surface area contributed by atoms with Gasteiger partial charge in [0.15, 0.2) is 18.2 Å². The van der Waals surface area contributed by atoms with E-state index < -0.39 is 36.7 Å². The Morgan fingerprint density at radius 2 is 1.63 bits per heavy atom. The third kappa shape index (κ3) is 4.36. The summed E-state index contributed by atoms with van der Waals surface area (Å²) < 4.78 is 10.7. The number of hydrogen-bond donors (Lipinski definition) is 5. The van der Waals surface area contributed by atoms with Crippen molar-refractivity contribution in [1.82, 2.24) is 0 Å². The van der Waals surface area contributed by atoms with Crippen molar-refractivity contribution in [3.05, 3.63) is 0 Å². The molecule has 4 aliphatic carbocycles. The minimum atomic E-state index is -1.79. The lowest BCUT2D eigenvalue weighted by Crippen LogP contribution is -2.60. The van der Waals surface area contributed by atoms with Crippen LogP contribution in [-0.2, 0) is 19.1 Å². The van der Waals surface area contributed by atoms with E-state index in [1.807, 2.05) is 0 Å². The molecule has 0 aromatic carbocycles. The molecule has 13 atom stereocenters. The Morgan fingerprint density at radius 1 is 0.886 bits per heavy atom. The number of carboxylic acids is 1. The quantitative estimate of drug-likeness (QED) is 0.376. The van der Waals surface area contributed by atoms with Gasteiger partial charge in [-0.1, -0.05) is 6.92 Å². The molecular formula is C26H40O9. The number of aliphatic carboxylic acids is 1. The van der Waals surface area contributed by atoms with Crippen molar-refractivity contribution < 1.29 is 44.6 Å². The van der Waals surface area contributed by atoms with Crippen LogP contribution >= 0.6 is 0 Å². The highest BCUT2D eigenvalue weighted by molar-refractivity contribution is 5.83. The lowest BCUT2D eigenvalue weighted by atomic mass is 9.49. The van der Waals surface area contributed by atoms with E-state index in [4.69, 9.17) is 9.47 Å². The normalized spacial score (nSPS) is 51.7. The SMILES string of the molecule is C[C@]12CC[C@H]3[C@@H](CC[C@@H]4C[C@@H](O)CC[C@@H]43)[C@@H]1CC[C@@H]2C(=O)COC1O[C@H](C(=O)O)[C@@H](O)[C@H](O)[C@H]1O. The predicted molar refractivity (Wildman–Crippen MR) is 122 cm³/mol. The Hall–Kier alpha value is -1.10. The van der Waals surface area contributed by atoms with Crippen molar-refractivity contribution in [2.45, 2.75) is 102 Å². The second-order valence-electron chi connectivity index (χ2n) is 12.1. The first kappa shape index (κ1) is 25.5. The van der Waals surface area contributed by atoms with Gasteiger partial charge in [-0.25, -0.2) is 4.79 Å². The number of carbonyl (C=O) groups is 2. The maximum Gasteiger partial charge on any atom is 0.335 e. The third-order valence-electron chi connectivity index (χ3n) is 10.5. The molecule has 0 radical (unpaired) electrons. The van der Waals surface area contributed by atoms with Gasteiger partial charge in [-0.2, -0.15) is 0 Å². The lowest BCUT2D eigenvalue weighted by molar-refractivity contribution is -0.292. The predicted octanol–water partition coefficient (Wildman–Crippen LogP) is 1.09. The third-order valence-corrected chi connectivity index (χ3v) is 10.5. The molecule has 0 amide bonds. The maximum absolute atomic E-state index is 13.3. The first-order chi connectivity index (χ1) is 16.6. The fourth-order valence-electron chi connectivity index (χ4n) is 8.81. The van der Waals surface area contributed by atoms with Gasteiger partial charge < -0.3 is 35.0 Å². The molecule has 1 unspecified atom stereocenters. The van der Waals surface area contributed by atoms with Crippen molar-refractivity contribution in [3.63, 3.8) is 0 Å². The van der Waals surface area contributed by atoms with Gasteiger partial charge in [0.2, 0.25) is 0 Å². The molecule has 5 rings (SSSR count). The van der Waals surface area contributed by atoms with Gasteiger partial charge in [0.25, 0.3) is 0 Å². The molecular weight excluding hydrogens is 456 g/mol. The van der Waals surface area contributed by atoms with Crippen LogP contribution in [0.15, 0.2) is 0 Å². The summed E-state index contributed by atoms with van der Waals surface area (Å²) in [5.74, 6) is 1.44. The van der Waals surface area contributed by atoms with Gasteiger partial charge in [0.1, 0.15) is 24.9 Å². The fraction of sp³-hybridized carbons (Fsp3) is 0.923. The van der Waals surface area contributed by atoms with Gasteiger partial charge in [-0.05, 0) is 92.8 Å². The molecule has 1 aliphatic heterocycles. The summed E-state index contributed by atoms with van der Waals surface area (Å²) in [6.45, 7) is 1.91. The number of aliphatic hydroxyl groups is 4. The number of hydrogen-bond acceptors (Lipinski definition) is 8. The van der Waals surface area contributed by atoms with E-state index in [1.165, 1.54) is 12.8 Å². The topological polar surface area (TPSA) is 154 Å². The molecule has 1 heterocycles. The number of Topliss-reactive ketones (excluding diaryl/α,β-unsaturated/α-hetero) is 1. The lowest BCUT2D eigenvalue weighted by Gasteiger charge is -2.56. The van der Waals surface area contributed by atoms with Crippen LogP contribution in [0.25, 0.3) is 0 Å². The Balaban J connectivity index is 1.22. The highest BCUT2D eigenvalue weighted by Crippen LogP contribution is 2.64. The molecule has 5 N–H and O–H groups in total. The van der Waals surface area contributed by atoms with Crippen molar-refractivity contribution in [3.8, 4) is 0 Å². The molecule has 5 aliphatic rings. The van der Waals surface area contributed by atoms with E-state index in [1.54, 1.807) is 0 Å². The molecule has 9 nitrogen and oxygen atoms in total. The Kier molecular flexibility index (Phi) is 7.04. The zero-order valence-electron chi connectivity index (χ0n) is 20.4. The van der Waals surface area contributed by atoms with E-state index in [0.29, 0.717) is 29.6 Å². The molecule has 1 saturated heterocycles. The van der Waals surface area contributed by atoms with Gasteiger partial charge in [-0.3, -0.25) is 4.79 Å². The van der Waals surface area contributed by atoms with Crippen LogP contribution in [0, 0.1) is 40.9 Å². The van der Waals surface area contributed by atoms with E-state index in [2.05, 4.69) is 6.92 Å². The molecule has 0 spiro atoms. The maximum atomic E-state index is 13.3. The van der Waals surface area contributed by atoms with Gasteiger partial charge in [0, 0.05) is 5.92 Å². The van der Waals surface area contributed by atoms with Crippen LogP contribution in [0.1, 0.15) is 64.7 Å². The Labute approximate surface area is 205 Å². The Morgan fingerprint density at radius 3 is 2.37 bits per heavy atom. The van der Waals surface area contributed by atoms with Crippen molar-refractivity contribution in [2.24, 2.45) is 40.9 Å². The summed E-state index contributed by atoms with van der Waals surface area (Å²) in [5, 5.41) is 49.4. The Bertz CT molecular complexity index is 819. The summed E-state index contributed by atoms with van der Waals surface area (Å²) >= 11 is 0. The molecule has 35 heavy (non-hydrogen) atoms. The van der Waals surface area contributed by atoms with E-state index in [0.717, 1.165) is 44.9 Å². The van der Waals surface area contributed by atoms with Crippen LogP contribution in [0.2, 0.25) is 0 Å². The number of ether oxygens (including phenoxy) is 2. The number of carboxylic acid groups (broad SMARTS) is 1. The van der Waals surface area contributed by atoms with E-state index >= 15 is 0 Å². The molecule has 0 bridgehead atoms. The van der Waals surface area contributed by atoms with Gasteiger partial charge in [-0.15, -0.1) is 0 Å². The molecule has 9 heteroatoms. The molecule has 0 aromatic rings. The average molecular weight is 497 g/mol. The summed E-state index contributed by atoms with van der Waals surface area (Å²) in [7, 11) is 0. The molecule has 4 saturated carbocycles. The van der Waals surface area contributed by atoms with Crippen LogP contribution < -0.4 is 0 Å². The molecule has 5 fully saturated rings. The van der Waals surface area contributed by atoms with Crippen LogP contribution in [0.4, 0.5) is 0 Å². The van der Waals surface area contributed by atoms with Gasteiger partial charge >= 0.3 is 5.97 Å². The zero-order chi connectivity index (χ0) is 25.1. The second-order valence-corrected chi connectivity index (χ2v) is 12.1. The molecule has 0 aromatic heterocycles. The number of fused-ring (bicyclic) bond motifs is 5. The van der Waals surface area contributed by atoms with Gasteiger partial charge in [0.05, 0.1) is 6.10 Å². The highest BCUT2D eigenvalue weighted by Gasteiger charge is 2.58. The van der Waals surface area contributed by atoms with E-state index in [9.17, 15) is 35.1 Å². The summed E-state index contributed by atoms with van der Waals surface area (Å²) in [5.41, 5.74) is -0.103. The second kappa shape index (κ2) is 9.65. The summed E-state index contributed by atoms with van der Waals surface area (Å²) in [6.07, 6.45) is 0.679. The largest absolute Gasteiger partial charge is 0.479 e. The van der Waals surface area contributed by atoms with E-state index in [-0.39, 0.29) is 29.8 Å². The number of carbonyl (C=O) groups excluding carboxylic acids is 1. The smallest absolute Gasteiger partial charge is 0.335 e. The van der Waals surface area contributed by atoms with Crippen LogP contribution in [0.3, 0.4) is 0 Å². The highest BCUT2D eigenvalue weighted by atomic mass is 16.7. The van der Waals surface area contributed by atoms with Crippen molar-refractivity contribution in [2.75, 3.05) is 6.61 Å². The summed E-state index contributed by atoms with van der Waals surface area (Å²) in [4.78, 5) is 24.6. The minimum Gasteiger partial charge on any atom is -0.479 e. The fourth-order valence-corrected chi connectivity index (χ4v) is 8.81. The monoisotopic (exact) mass is 496 g/mol. The number of ketones is 1. The van der Waals surface area contributed by atoms with Crippen LogP contribution in [0.5, 0.6) is 0 Å². The number of aliphatic hydroxyl groups excluding tert-OH is 4. The number of rotatable bonds is 5. The van der Waals surface area contributed by atoms with Crippen molar-refractivity contribution in [1.29, 1.82) is 0 Å². The summed E-state index contributed by atoms with van der Waals surface area (Å²) in [6, 6.07) is 0. The van der Waals surface area contributed by atoms with Crippen LogP contribution in [-0.4, -0.2) is 80.7 Å². The standard InChI is InChI=1S/C26H40O9/c1-26-9-8-15-14-5-3-13(27)10-12(14)2-4-16(15)17(26)6-7-18(26)19(28)11-34-25-22(31)20(29)21(30)23(35-25)24(32)33/h12-18,20-23,25,27,29-31H,2-11H2,1H3,(H,32,33)/t12-,13+,14+,15-,16-,17+,18-,20+,21+,22-,23+,25?,26+/m1/s1.